The second kappa shape index (κ2) is 5.75. The molecule has 1 aromatic carbocycles. The molecule has 0 spiro atoms. The number of carbonyl (C=O) groups is 1. The maximum absolute atomic E-state index is 11.3. The largest absolute Gasteiger partial charge is 0.373 e. The highest BCUT2D eigenvalue weighted by molar-refractivity contribution is 9.10. The van der Waals surface area contributed by atoms with Crippen molar-refractivity contribution < 1.29 is 4.79 Å². The van der Waals surface area contributed by atoms with E-state index in [9.17, 15) is 4.79 Å². The number of likely N-dealkylation sites (N-methyl/N-ethyl adjacent to an activating group) is 1. The summed E-state index contributed by atoms with van der Waals surface area (Å²) in [7, 11) is 1.58. The standard InChI is InChI=1S/C10H11BrCl2N2O/c1-5(10(16)14-2)15-7-4-3-6(11)8(12)9(7)13/h3-5,15H,1-2H3,(H,14,16). The first-order chi connectivity index (χ1) is 7.47. The fraction of sp³-hybridized carbons (Fsp3) is 0.300. The topological polar surface area (TPSA) is 41.1 Å². The molecule has 2 N–H and O–H groups in total. The molecule has 0 heterocycles. The van der Waals surface area contributed by atoms with E-state index in [2.05, 4.69) is 26.6 Å². The predicted molar refractivity (Wildman–Crippen MR) is 71.3 cm³/mol. The SMILES string of the molecule is CNC(=O)C(C)Nc1ccc(Br)c(Cl)c1Cl. The molecule has 0 aliphatic rings. The Kier molecular flexibility index (Phi) is 4.89. The molecule has 0 radical (unpaired) electrons. The van der Waals surface area contributed by atoms with E-state index in [1.54, 1.807) is 26.1 Å². The van der Waals surface area contributed by atoms with Gasteiger partial charge in [0.1, 0.15) is 6.04 Å². The minimum atomic E-state index is -0.375. The first-order valence-corrected chi connectivity index (χ1v) is 6.14. The molecule has 1 aromatic rings. The highest BCUT2D eigenvalue weighted by atomic mass is 79.9. The van der Waals surface area contributed by atoms with E-state index in [4.69, 9.17) is 23.2 Å². The highest BCUT2D eigenvalue weighted by Gasteiger charge is 2.14. The second-order valence-electron chi connectivity index (χ2n) is 3.20. The van der Waals surface area contributed by atoms with Crippen molar-refractivity contribution in [3.8, 4) is 0 Å². The van der Waals surface area contributed by atoms with Crippen molar-refractivity contribution in [2.45, 2.75) is 13.0 Å². The Labute approximate surface area is 113 Å². The van der Waals surface area contributed by atoms with Crippen molar-refractivity contribution in [1.29, 1.82) is 0 Å². The van der Waals surface area contributed by atoms with Crippen LogP contribution < -0.4 is 10.6 Å². The van der Waals surface area contributed by atoms with Crippen LogP contribution in [0.1, 0.15) is 6.92 Å². The van der Waals surface area contributed by atoms with Crippen molar-refractivity contribution >= 4 is 50.7 Å². The number of nitrogens with one attached hydrogen (secondary N) is 2. The van der Waals surface area contributed by atoms with E-state index in [0.29, 0.717) is 15.7 Å². The Hall–Kier alpha value is -0.450. The summed E-state index contributed by atoms with van der Waals surface area (Å²) >= 11 is 15.3. The normalized spacial score (nSPS) is 12.1. The van der Waals surface area contributed by atoms with E-state index in [1.807, 2.05) is 0 Å². The Bertz CT molecular complexity index is 412. The second-order valence-corrected chi connectivity index (χ2v) is 4.81. The maximum atomic E-state index is 11.3. The number of carbonyl (C=O) groups excluding carboxylic acids is 1. The molecule has 6 heteroatoms. The molecule has 1 rings (SSSR count). The van der Waals surface area contributed by atoms with Crippen LogP contribution >= 0.6 is 39.1 Å². The molecule has 0 aliphatic heterocycles. The maximum Gasteiger partial charge on any atom is 0.241 e. The predicted octanol–water partition coefficient (Wildman–Crippen LogP) is 3.30. The summed E-state index contributed by atoms with van der Waals surface area (Å²) in [6, 6.07) is 3.16. The Morgan fingerprint density at radius 2 is 2.00 bits per heavy atom. The smallest absolute Gasteiger partial charge is 0.241 e. The number of amides is 1. The third kappa shape index (κ3) is 3.03. The van der Waals surface area contributed by atoms with Crippen LogP contribution in [0.5, 0.6) is 0 Å². The van der Waals surface area contributed by atoms with Gasteiger partial charge >= 0.3 is 0 Å². The molecular formula is C10H11BrCl2N2O. The average Bonchev–Trinajstić information content (AvgIpc) is 2.28. The molecular weight excluding hydrogens is 315 g/mol. The lowest BCUT2D eigenvalue weighted by Gasteiger charge is -2.15. The van der Waals surface area contributed by atoms with Crippen LogP contribution in [-0.4, -0.2) is 19.0 Å². The van der Waals surface area contributed by atoms with E-state index < -0.39 is 0 Å². The van der Waals surface area contributed by atoms with Crippen LogP contribution in [0.2, 0.25) is 10.0 Å². The summed E-state index contributed by atoms with van der Waals surface area (Å²) in [5.41, 5.74) is 0.631. The number of hydrogen-bond donors (Lipinski definition) is 2. The summed E-state index contributed by atoms with van der Waals surface area (Å²) in [5.74, 6) is -0.116. The average molecular weight is 326 g/mol. The van der Waals surface area contributed by atoms with Crippen molar-refractivity contribution in [3.05, 3.63) is 26.7 Å². The van der Waals surface area contributed by atoms with Crippen LogP contribution in [0.4, 0.5) is 5.69 Å². The first kappa shape index (κ1) is 13.6. The molecule has 0 fully saturated rings. The van der Waals surface area contributed by atoms with Gasteiger partial charge in [0.15, 0.2) is 0 Å². The summed E-state index contributed by atoms with van der Waals surface area (Å²) in [5, 5.41) is 6.35. The van der Waals surface area contributed by atoms with Crippen LogP contribution in [0.15, 0.2) is 16.6 Å². The summed E-state index contributed by atoms with van der Waals surface area (Å²) in [4.78, 5) is 11.3. The number of benzene rings is 1. The number of rotatable bonds is 3. The lowest BCUT2D eigenvalue weighted by Crippen LogP contribution is -2.35. The number of halogens is 3. The molecule has 0 saturated heterocycles. The van der Waals surface area contributed by atoms with Gasteiger partial charge in [-0.15, -0.1) is 0 Å². The van der Waals surface area contributed by atoms with Crippen LogP contribution in [0, 0.1) is 0 Å². The minimum absolute atomic E-state index is 0.116. The lowest BCUT2D eigenvalue weighted by molar-refractivity contribution is -0.121. The molecule has 0 aromatic heterocycles. The molecule has 0 aliphatic carbocycles. The zero-order valence-corrected chi connectivity index (χ0v) is 11.9. The van der Waals surface area contributed by atoms with Gasteiger partial charge in [-0.1, -0.05) is 23.2 Å². The third-order valence-electron chi connectivity index (χ3n) is 2.05. The zero-order chi connectivity index (χ0) is 12.3. The van der Waals surface area contributed by atoms with Gasteiger partial charge in [0.2, 0.25) is 5.91 Å². The molecule has 3 nitrogen and oxygen atoms in total. The molecule has 0 saturated carbocycles. The fourth-order valence-electron chi connectivity index (χ4n) is 1.15. The van der Waals surface area contributed by atoms with Gasteiger partial charge in [-0.2, -0.15) is 0 Å². The first-order valence-electron chi connectivity index (χ1n) is 4.59. The van der Waals surface area contributed by atoms with E-state index in [1.165, 1.54) is 0 Å². The Morgan fingerprint density at radius 3 is 2.56 bits per heavy atom. The van der Waals surface area contributed by atoms with Crippen LogP contribution in [0.25, 0.3) is 0 Å². The van der Waals surface area contributed by atoms with Crippen molar-refractivity contribution in [2.75, 3.05) is 12.4 Å². The fourth-order valence-corrected chi connectivity index (χ4v) is 1.98. The molecule has 1 atom stereocenters. The Morgan fingerprint density at radius 1 is 1.38 bits per heavy atom. The third-order valence-corrected chi connectivity index (χ3v) is 3.82. The number of anilines is 1. The van der Waals surface area contributed by atoms with Gasteiger partial charge in [-0.3, -0.25) is 4.79 Å². The molecule has 16 heavy (non-hydrogen) atoms. The van der Waals surface area contributed by atoms with E-state index in [-0.39, 0.29) is 11.9 Å². The van der Waals surface area contributed by atoms with Crippen molar-refractivity contribution in [2.24, 2.45) is 0 Å². The summed E-state index contributed by atoms with van der Waals surface area (Å²) < 4.78 is 0.720. The van der Waals surface area contributed by atoms with Gasteiger partial charge in [0.25, 0.3) is 0 Å². The van der Waals surface area contributed by atoms with Gasteiger partial charge in [-0.05, 0) is 35.0 Å². The van der Waals surface area contributed by atoms with Crippen molar-refractivity contribution in [3.63, 3.8) is 0 Å². The van der Waals surface area contributed by atoms with E-state index >= 15 is 0 Å². The molecule has 1 amide bonds. The zero-order valence-electron chi connectivity index (χ0n) is 8.77. The molecule has 1 unspecified atom stereocenters. The molecule has 88 valence electrons. The minimum Gasteiger partial charge on any atom is -0.373 e. The summed E-state index contributed by atoms with van der Waals surface area (Å²) in [6.07, 6.45) is 0. The summed E-state index contributed by atoms with van der Waals surface area (Å²) in [6.45, 7) is 1.74. The number of hydrogen-bond acceptors (Lipinski definition) is 2. The van der Waals surface area contributed by atoms with Crippen LogP contribution in [0.3, 0.4) is 0 Å². The van der Waals surface area contributed by atoms with Gasteiger partial charge in [0, 0.05) is 11.5 Å². The monoisotopic (exact) mass is 324 g/mol. The van der Waals surface area contributed by atoms with Crippen LogP contribution in [-0.2, 0) is 4.79 Å². The Balaban J connectivity index is 2.90. The lowest BCUT2D eigenvalue weighted by atomic mass is 10.2. The molecule has 0 bridgehead atoms. The highest BCUT2D eigenvalue weighted by Crippen LogP contribution is 2.35. The van der Waals surface area contributed by atoms with Crippen molar-refractivity contribution in [1.82, 2.24) is 5.32 Å². The van der Waals surface area contributed by atoms with Gasteiger partial charge in [-0.25, -0.2) is 0 Å². The quantitative estimate of drug-likeness (QED) is 0.837. The van der Waals surface area contributed by atoms with E-state index in [0.717, 1.165) is 4.47 Å². The van der Waals surface area contributed by atoms with Gasteiger partial charge in [0.05, 0.1) is 15.7 Å². The van der Waals surface area contributed by atoms with Gasteiger partial charge < -0.3 is 10.6 Å².